The number of carbonyl (C=O) groups excluding carboxylic acids is 1. The van der Waals surface area contributed by atoms with Gasteiger partial charge in [-0.25, -0.2) is 8.42 Å². The molecule has 3 aromatic carbocycles. The number of allylic oxidation sites excluding steroid dienone is 2. The Hall–Kier alpha value is -2.92. The number of benzene rings is 3. The lowest BCUT2D eigenvalue weighted by molar-refractivity contribution is -0.107. The van der Waals surface area contributed by atoms with Gasteiger partial charge in [0.2, 0.25) is 0 Å². The van der Waals surface area contributed by atoms with Crippen molar-refractivity contribution in [3.63, 3.8) is 0 Å². The minimum absolute atomic E-state index is 0.201. The molecule has 0 aromatic heterocycles. The summed E-state index contributed by atoms with van der Waals surface area (Å²) in [7, 11) is -3.74. The molecule has 0 bridgehead atoms. The highest BCUT2D eigenvalue weighted by Crippen LogP contribution is 2.36. The van der Waals surface area contributed by atoms with E-state index < -0.39 is 10.0 Å². The lowest BCUT2D eigenvalue weighted by Gasteiger charge is -2.12. The van der Waals surface area contributed by atoms with Gasteiger partial charge in [0, 0.05) is 11.8 Å². The molecule has 0 saturated heterocycles. The van der Waals surface area contributed by atoms with E-state index in [-0.39, 0.29) is 4.90 Å². The summed E-state index contributed by atoms with van der Waals surface area (Å²) >= 11 is 0. The molecule has 5 heteroatoms. The predicted octanol–water partition coefficient (Wildman–Crippen LogP) is 4.56. The summed E-state index contributed by atoms with van der Waals surface area (Å²) in [5.74, 6) is 0. The Morgan fingerprint density at radius 1 is 1.04 bits per heavy atom. The van der Waals surface area contributed by atoms with Crippen LogP contribution in [-0.2, 0) is 21.2 Å². The van der Waals surface area contributed by atoms with Gasteiger partial charge in [-0.1, -0.05) is 48.0 Å². The first-order valence-electron chi connectivity index (χ1n) is 8.76. The number of aldehydes is 1. The Bertz CT molecular complexity index is 1190. The second-order valence-corrected chi connectivity index (χ2v) is 8.44. The second kappa shape index (κ2) is 6.67. The average molecular weight is 377 g/mol. The highest BCUT2D eigenvalue weighted by Gasteiger charge is 2.23. The van der Waals surface area contributed by atoms with Crippen molar-refractivity contribution in [2.24, 2.45) is 0 Å². The van der Waals surface area contributed by atoms with E-state index in [1.165, 1.54) is 0 Å². The molecule has 3 aromatic rings. The first-order valence-corrected chi connectivity index (χ1v) is 10.2. The van der Waals surface area contributed by atoms with Crippen LogP contribution in [0.15, 0.2) is 71.1 Å². The number of carbonyl (C=O) groups is 1. The fraction of sp³-hybridized carbons (Fsp3) is 0.136. The van der Waals surface area contributed by atoms with Crippen molar-refractivity contribution in [1.82, 2.24) is 0 Å². The van der Waals surface area contributed by atoms with Crippen LogP contribution < -0.4 is 4.72 Å². The fourth-order valence-corrected chi connectivity index (χ4v) is 4.77. The Labute approximate surface area is 158 Å². The third-order valence-corrected chi connectivity index (χ3v) is 6.37. The van der Waals surface area contributed by atoms with Gasteiger partial charge in [-0.15, -0.1) is 0 Å². The molecule has 0 atom stereocenters. The van der Waals surface area contributed by atoms with Crippen molar-refractivity contribution in [3.8, 4) is 0 Å². The molecule has 0 amide bonds. The van der Waals surface area contributed by atoms with Crippen molar-refractivity contribution >= 4 is 38.3 Å². The molecular formula is C22H19NO3S. The molecule has 1 N–H and O–H groups in total. The summed E-state index contributed by atoms with van der Waals surface area (Å²) in [6.07, 6.45) is 1.93. The zero-order chi connectivity index (χ0) is 19.0. The number of anilines is 1. The van der Waals surface area contributed by atoms with Gasteiger partial charge in [0.05, 0.1) is 10.6 Å². The summed E-state index contributed by atoms with van der Waals surface area (Å²) in [6, 6.07) is 18.3. The van der Waals surface area contributed by atoms with Crippen LogP contribution in [0, 0.1) is 0 Å². The van der Waals surface area contributed by atoms with E-state index in [0.29, 0.717) is 12.1 Å². The lowest BCUT2D eigenvalue weighted by atomic mass is 10.0. The van der Waals surface area contributed by atoms with Gasteiger partial charge in [-0.05, 0) is 53.6 Å². The topological polar surface area (TPSA) is 63.2 Å². The van der Waals surface area contributed by atoms with Crippen LogP contribution >= 0.6 is 0 Å². The molecule has 27 heavy (non-hydrogen) atoms. The molecule has 4 nitrogen and oxygen atoms in total. The van der Waals surface area contributed by atoms with Crippen molar-refractivity contribution in [2.45, 2.75) is 24.7 Å². The van der Waals surface area contributed by atoms with Gasteiger partial charge >= 0.3 is 0 Å². The van der Waals surface area contributed by atoms with Gasteiger partial charge in [0.25, 0.3) is 10.0 Å². The molecule has 0 fully saturated rings. The molecule has 1 aliphatic rings. The highest BCUT2D eigenvalue weighted by molar-refractivity contribution is 7.92. The Morgan fingerprint density at radius 2 is 1.81 bits per heavy atom. The summed E-state index contributed by atoms with van der Waals surface area (Å²) in [4.78, 5) is 11.2. The Kier molecular flexibility index (Phi) is 4.32. The number of hydrogen-bond donors (Lipinski definition) is 1. The molecule has 136 valence electrons. The predicted molar refractivity (Wildman–Crippen MR) is 108 cm³/mol. The van der Waals surface area contributed by atoms with Crippen molar-refractivity contribution in [1.29, 1.82) is 0 Å². The monoisotopic (exact) mass is 377 g/mol. The number of nitrogens with one attached hydrogen (secondary N) is 1. The smallest absolute Gasteiger partial charge is 0.261 e. The van der Waals surface area contributed by atoms with Crippen LogP contribution in [0.2, 0.25) is 0 Å². The van der Waals surface area contributed by atoms with E-state index in [0.717, 1.165) is 45.8 Å². The van der Waals surface area contributed by atoms with Crippen LogP contribution in [0.3, 0.4) is 0 Å². The average Bonchev–Trinajstić information content (AvgIpc) is 2.97. The molecule has 0 aliphatic heterocycles. The number of hydrogen-bond acceptors (Lipinski definition) is 3. The molecule has 0 unspecified atom stereocenters. The van der Waals surface area contributed by atoms with E-state index in [2.05, 4.69) is 4.72 Å². The van der Waals surface area contributed by atoms with Gasteiger partial charge < -0.3 is 4.79 Å². The zero-order valence-corrected chi connectivity index (χ0v) is 15.7. The van der Waals surface area contributed by atoms with E-state index in [1.54, 1.807) is 18.2 Å². The maximum atomic E-state index is 13.0. The van der Waals surface area contributed by atoms with Crippen LogP contribution in [0.5, 0.6) is 0 Å². The molecule has 1 aliphatic carbocycles. The highest BCUT2D eigenvalue weighted by atomic mass is 32.2. The van der Waals surface area contributed by atoms with Crippen LogP contribution in [0.25, 0.3) is 16.3 Å². The minimum atomic E-state index is -3.74. The normalized spacial score (nSPS) is 13.7. The molecule has 4 rings (SSSR count). The van der Waals surface area contributed by atoms with Crippen LogP contribution in [0.1, 0.15) is 24.5 Å². The quantitative estimate of drug-likeness (QED) is 0.663. The summed E-state index contributed by atoms with van der Waals surface area (Å²) < 4.78 is 28.7. The third kappa shape index (κ3) is 3.15. The zero-order valence-electron chi connectivity index (χ0n) is 14.9. The molecule has 0 saturated carbocycles. The van der Waals surface area contributed by atoms with Gasteiger partial charge in [-0.2, -0.15) is 0 Å². The van der Waals surface area contributed by atoms with Crippen LogP contribution in [0.4, 0.5) is 5.69 Å². The van der Waals surface area contributed by atoms with E-state index >= 15 is 0 Å². The minimum Gasteiger partial charge on any atom is -0.303 e. The standard InChI is InChI=1S/C22H19NO3S/c1-15-13-17-9-10-18(14-21(17)19(15)11-12-24)27(25,26)23-22-8-4-6-16-5-2-3-7-20(16)22/h2-10,12,14,23H,11,13H2,1H3. The molecular weight excluding hydrogens is 358 g/mol. The largest absolute Gasteiger partial charge is 0.303 e. The number of rotatable bonds is 5. The molecule has 0 heterocycles. The van der Waals surface area contributed by atoms with Crippen molar-refractivity contribution in [2.75, 3.05) is 4.72 Å². The molecule has 0 spiro atoms. The first-order chi connectivity index (χ1) is 13.0. The maximum absolute atomic E-state index is 13.0. The Balaban J connectivity index is 1.74. The maximum Gasteiger partial charge on any atom is 0.261 e. The summed E-state index contributed by atoms with van der Waals surface area (Å²) in [6.45, 7) is 1.99. The van der Waals surface area contributed by atoms with E-state index in [1.807, 2.05) is 49.4 Å². The fourth-order valence-electron chi connectivity index (χ4n) is 3.67. The Morgan fingerprint density at radius 3 is 2.63 bits per heavy atom. The summed E-state index contributed by atoms with van der Waals surface area (Å²) in [5.41, 5.74) is 4.53. The third-order valence-electron chi connectivity index (χ3n) is 5.01. The van der Waals surface area contributed by atoms with E-state index in [4.69, 9.17) is 0 Å². The van der Waals surface area contributed by atoms with Crippen LogP contribution in [-0.4, -0.2) is 14.7 Å². The van der Waals surface area contributed by atoms with Gasteiger partial charge in [0.1, 0.15) is 6.29 Å². The van der Waals surface area contributed by atoms with E-state index in [9.17, 15) is 13.2 Å². The molecule has 0 radical (unpaired) electrons. The second-order valence-electron chi connectivity index (χ2n) is 6.76. The van der Waals surface area contributed by atoms with Gasteiger partial charge in [-0.3, -0.25) is 4.72 Å². The summed E-state index contributed by atoms with van der Waals surface area (Å²) in [5, 5.41) is 1.82. The van der Waals surface area contributed by atoms with Crippen molar-refractivity contribution < 1.29 is 13.2 Å². The SMILES string of the molecule is CC1=C(CC=O)c2cc(S(=O)(=O)Nc3cccc4ccccc34)ccc2C1. The lowest BCUT2D eigenvalue weighted by Crippen LogP contribution is -2.13. The number of sulfonamides is 1. The van der Waals surface area contributed by atoms with Gasteiger partial charge in [0.15, 0.2) is 0 Å². The number of fused-ring (bicyclic) bond motifs is 2. The van der Waals surface area contributed by atoms with Crippen molar-refractivity contribution in [3.05, 3.63) is 77.4 Å². The first kappa shape index (κ1) is 17.5.